The molecule has 1 aromatic carbocycles. The Balaban J connectivity index is 3.67. The Bertz CT molecular complexity index is 581. The number of hydrogen-bond donors (Lipinski definition) is 0. The molecule has 1 rings (SSSR count). The van der Waals surface area contributed by atoms with E-state index in [1.54, 1.807) is 0 Å². The van der Waals surface area contributed by atoms with Crippen molar-refractivity contribution in [2.45, 2.75) is 43.2 Å². The summed E-state index contributed by atoms with van der Waals surface area (Å²) >= 11 is 0. The van der Waals surface area contributed by atoms with Gasteiger partial charge in [-0.15, -0.1) is 0 Å². The van der Waals surface area contributed by atoms with Crippen LogP contribution in [0.1, 0.15) is 16.7 Å². The maximum absolute atomic E-state index is 13.9. The van der Waals surface area contributed by atoms with Gasteiger partial charge in [0.05, 0.1) is 12.8 Å². The standard InChI is InChI=1S/C13H6F13/c14-9(15,16)4-6-1-7(5-10(17,18)19)3-8(2-6)11(20,12(21,22)23)13(24,25)26/h2-3H,4-5H2. The lowest BCUT2D eigenvalue weighted by molar-refractivity contribution is -0.348. The Kier molecular flexibility index (Phi) is 5.57. The Hall–Kier alpha value is -1.69. The molecule has 0 aromatic heterocycles. The highest BCUT2D eigenvalue weighted by molar-refractivity contribution is 5.36. The number of rotatable bonds is 3. The van der Waals surface area contributed by atoms with Crippen molar-refractivity contribution in [3.8, 4) is 0 Å². The minimum absolute atomic E-state index is 0.450. The van der Waals surface area contributed by atoms with Crippen LogP contribution in [0.3, 0.4) is 0 Å². The van der Waals surface area contributed by atoms with E-state index in [1.165, 1.54) is 6.07 Å². The van der Waals surface area contributed by atoms with E-state index < -0.39 is 72.0 Å². The first kappa shape index (κ1) is 22.4. The van der Waals surface area contributed by atoms with Gasteiger partial charge in [0.1, 0.15) is 0 Å². The fraction of sp³-hybridized carbons (Fsp3) is 0.538. The summed E-state index contributed by atoms with van der Waals surface area (Å²) in [5.41, 5.74) is -11.6. The first-order valence-electron chi connectivity index (χ1n) is 6.28. The molecule has 0 bridgehead atoms. The molecule has 0 fully saturated rings. The third-order valence-electron chi connectivity index (χ3n) is 2.94. The number of halogens is 13. The van der Waals surface area contributed by atoms with Crippen molar-refractivity contribution in [3.63, 3.8) is 0 Å². The van der Waals surface area contributed by atoms with Crippen molar-refractivity contribution in [3.05, 3.63) is 34.9 Å². The van der Waals surface area contributed by atoms with Gasteiger partial charge in [0.25, 0.3) is 0 Å². The van der Waals surface area contributed by atoms with Crippen molar-refractivity contribution >= 4 is 0 Å². The summed E-state index contributed by atoms with van der Waals surface area (Å²) < 4.78 is 164. The second-order valence-corrected chi connectivity index (χ2v) is 5.16. The molecule has 0 N–H and O–H groups in total. The molecule has 0 heterocycles. The van der Waals surface area contributed by atoms with Crippen molar-refractivity contribution < 1.29 is 57.1 Å². The molecule has 1 radical (unpaired) electrons. The lowest BCUT2D eigenvalue weighted by atomic mass is 9.89. The smallest absolute Gasteiger partial charge is 0.218 e. The van der Waals surface area contributed by atoms with Gasteiger partial charge in [0.15, 0.2) is 0 Å². The van der Waals surface area contributed by atoms with Crippen molar-refractivity contribution in [1.82, 2.24) is 0 Å². The third-order valence-corrected chi connectivity index (χ3v) is 2.94. The number of hydrogen-bond acceptors (Lipinski definition) is 0. The summed E-state index contributed by atoms with van der Waals surface area (Å²) in [6, 6.07) is 0.531. The van der Waals surface area contributed by atoms with Crippen molar-refractivity contribution in [2.24, 2.45) is 0 Å². The van der Waals surface area contributed by atoms with E-state index in [0.717, 1.165) is 0 Å². The van der Waals surface area contributed by atoms with Crippen LogP contribution in [0.15, 0.2) is 12.1 Å². The molecule has 0 aliphatic rings. The topological polar surface area (TPSA) is 0 Å². The minimum atomic E-state index is -6.68. The van der Waals surface area contributed by atoms with E-state index >= 15 is 0 Å². The first-order valence-corrected chi connectivity index (χ1v) is 6.28. The van der Waals surface area contributed by atoms with Crippen LogP contribution in [0.5, 0.6) is 0 Å². The molecule has 0 saturated carbocycles. The first-order chi connectivity index (χ1) is 11.3. The molecule has 0 saturated heterocycles. The Morgan fingerprint density at radius 2 is 0.885 bits per heavy atom. The second kappa shape index (κ2) is 6.48. The predicted molar refractivity (Wildman–Crippen MR) is 59.7 cm³/mol. The highest BCUT2D eigenvalue weighted by Gasteiger charge is 2.73. The molecule has 0 aliphatic carbocycles. The molecule has 0 aliphatic heterocycles. The van der Waals surface area contributed by atoms with Gasteiger partial charge in [-0.05, 0) is 17.2 Å². The predicted octanol–water partition coefficient (Wildman–Crippen LogP) is 5.99. The Morgan fingerprint density at radius 3 is 1.12 bits per heavy atom. The number of alkyl halides is 13. The van der Waals surface area contributed by atoms with Crippen LogP contribution in [0.25, 0.3) is 0 Å². The van der Waals surface area contributed by atoms with E-state index in [4.69, 9.17) is 0 Å². The summed E-state index contributed by atoms with van der Waals surface area (Å²) in [7, 11) is 0. The SMILES string of the molecule is FC(F)(F)Cc1[c]c(CC(F)(F)F)cc(C(F)(C(F)(F)F)C(F)(F)F)c1. The monoisotopic (exact) mass is 409 g/mol. The van der Waals surface area contributed by atoms with Crippen LogP contribution < -0.4 is 0 Å². The quantitative estimate of drug-likeness (QED) is 0.539. The van der Waals surface area contributed by atoms with Crippen LogP contribution in [0.4, 0.5) is 57.1 Å². The van der Waals surface area contributed by atoms with Crippen LogP contribution in [-0.4, -0.2) is 24.7 Å². The van der Waals surface area contributed by atoms with E-state index in [9.17, 15) is 57.1 Å². The Labute approximate surface area is 136 Å². The summed E-state index contributed by atoms with van der Waals surface area (Å²) in [6.45, 7) is 0. The largest absolute Gasteiger partial charge is 0.435 e. The lowest BCUT2D eigenvalue weighted by Crippen LogP contribution is -2.50. The van der Waals surface area contributed by atoms with Crippen LogP contribution >= 0.6 is 0 Å². The molecule has 1 aromatic rings. The zero-order chi connectivity index (χ0) is 20.8. The second-order valence-electron chi connectivity index (χ2n) is 5.16. The molecule has 149 valence electrons. The normalized spacial score (nSPS) is 14.7. The number of benzene rings is 1. The van der Waals surface area contributed by atoms with Crippen LogP contribution in [0, 0.1) is 6.07 Å². The minimum Gasteiger partial charge on any atom is -0.218 e. The molecule has 26 heavy (non-hydrogen) atoms. The van der Waals surface area contributed by atoms with Crippen molar-refractivity contribution in [2.75, 3.05) is 0 Å². The van der Waals surface area contributed by atoms with Gasteiger partial charge in [-0.3, -0.25) is 0 Å². The fourth-order valence-electron chi connectivity index (χ4n) is 2.00. The van der Waals surface area contributed by atoms with E-state index in [0.29, 0.717) is 0 Å². The average Bonchev–Trinajstić information content (AvgIpc) is 2.29. The summed E-state index contributed by atoms with van der Waals surface area (Å²) in [5.74, 6) is 0. The Morgan fingerprint density at radius 1 is 0.577 bits per heavy atom. The van der Waals surface area contributed by atoms with Gasteiger partial charge in [-0.1, -0.05) is 12.1 Å². The van der Waals surface area contributed by atoms with Crippen LogP contribution in [-0.2, 0) is 18.5 Å². The molecule has 0 atom stereocenters. The third kappa shape index (κ3) is 5.16. The summed E-state index contributed by atoms with van der Waals surface area (Å²) in [6.07, 6.45) is -28.1. The maximum Gasteiger partial charge on any atom is 0.435 e. The van der Waals surface area contributed by atoms with Gasteiger partial charge in [0, 0.05) is 5.56 Å². The van der Waals surface area contributed by atoms with Gasteiger partial charge in [-0.2, -0.15) is 52.7 Å². The van der Waals surface area contributed by atoms with Gasteiger partial charge in [-0.25, -0.2) is 4.39 Å². The molecule has 0 spiro atoms. The zero-order valence-electron chi connectivity index (χ0n) is 12.0. The summed E-state index contributed by atoms with van der Waals surface area (Å²) in [4.78, 5) is 0. The molecular weight excluding hydrogens is 403 g/mol. The highest BCUT2D eigenvalue weighted by Crippen LogP contribution is 2.53. The van der Waals surface area contributed by atoms with Gasteiger partial charge < -0.3 is 0 Å². The maximum atomic E-state index is 13.9. The van der Waals surface area contributed by atoms with Gasteiger partial charge in [0.2, 0.25) is 0 Å². The zero-order valence-corrected chi connectivity index (χ0v) is 12.0. The van der Waals surface area contributed by atoms with E-state index in [1.807, 2.05) is 0 Å². The highest BCUT2D eigenvalue weighted by atomic mass is 19.4. The molecule has 0 nitrogen and oxygen atoms in total. The molecule has 13 heteroatoms. The van der Waals surface area contributed by atoms with Gasteiger partial charge >= 0.3 is 30.4 Å². The van der Waals surface area contributed by atoms with Crippen LogP contribution in [0.2, 0.25) is 0 Å². The van der Waals surface area contributed by atoms with E-state index in [2.05, 4.69) is 0 Å². The van der Waals surface area contributed by atoms with Crippen molar-refractivity contribution in [1.29, 1.82) is 0 Å². The molecule has 0 unspecified atom stereocenters. The van der Waals surface area contributed by atoms with E-state index in [-0.39, 0.29) is 0 Å². The average molecular weight is 409 g/mol. The molecule has 0 amide bonds. The fourth-order valence-corrected chi connectivity index (χ4v) is 2.00. The lowest BCUT2D eigenvalue weighted by Gasteiger charge is -2.31. The molecular formula is C13H6F13. The summed E-state index contributed by atoms with van der Waals surface area (Å²) in [5, 5.41) is 0.